The Kier molecular flexibility index (Phi) is 3.47. The summed E-state index contributed by atoms with van der Waals surface area (Å²) in [6, 6.07) is 7.91. The lowest BCUT2D eigenvalue weighted by atomic mass is 9.89. The number of hydrogen-bond donors (Lipinski definition) is 1. The van der Waals surface area contributed by atoms with Crippen molar-refractivity contribution < 1.29 is 0 Å². The van der Waals surface area contributed by atoms with Gasteiger partial charge in [-0.05, 0) is 48.6 Å². The summed E-state index contributed by atoms with van der Waals surface area (Å²) >= 11 is 6.06. The third-order valence-electron chi connectivity index (χ3n) is 4.45. The number of halogens is 1. The minimum Gasteiger partial charge on any atom is -0.357 e. The van der Waals surface area contributed by atoms with E-state index in [-0.39, 0.29) is 0 Å². The maximum absolute atomic E-state index is 6.06. The van der Waals surface area contributed by atoms with Crippen LogP contribution in [0, 0.1) is 0 Å². The highest BCUT2D eigenvalue weighted by molar-refractivity contribution is 6.30. The van der Waals surface area contributed by atoms with Crippen molar-refractivity contribution in [2.45, 2.75) is 18.8 Å². The average molecular weight is 313 g/mol. The van der Waals surface area contributed by atoms with Gasteiger partial charge in [-0.25, -0.2) is 9.97 Å². The van der Waals surface area contributed by atoms with Crippen molar-refractivity contribution in [2.24, 2.45) is 0 Å². The van der Waals surface area contributed by atoms with Gasteiger partial charge in [0.2, 0.25) is 0 Å². The second-order valence-corrected chi connectivity index (χ2v) is 6.17. The number of aromatic nitrogens is 3. The summed E-state index contributed by atoms with van der Waals surface area (Å²) in [5.74, 6) is 1.56. The number of fused-ring (bicyclic) bond motifs is 1. The van der Waals surface area contributed by atoms with Crippen molar-refractivity contribution in [1.29, 1.82) is 0 Å². The molecule has 0 aliphatic carbocycles. The molecule has 0 spiro atoms. The van der Waals surface area contributed by atoms with Crippen molar-refractivity contribution >= 4 is 28.5 Å². The molecule has 1 saturated heterocycles. The zero-order valence-electron chi connectivity index (χ0n) is 12.2. The zero-order chi connectivity index (χ0) is 14.9. The van der Waals surface area contributed by atoms with Gasteiger partial charge in [0.1, 0.15) is 11.5 Å². The predicted molar refractivity (Wildman–Crippen MR) is 89.5 cm³/mol. The molecule has 0 atom stereocenters. The molecule has 0 unspecified atom stereocenters. The molecule has 3 aromatic heterocycles. The summed E-state index contributed by atoms with van der Waals surface area (Å²) in [5, 5.41) is 2.00. The lowest BCUT2D eigenvalue weighted by Gasteiger charge is -2.32. The molecule has 1 aliphatic rings. The second kappa shape index (κ2) is 5.61. The van der Waals surface area contributed by atoms with Crippen LogP contribution in [-0.4, -0.2) is 28.0 Å². The first-order valence-electron chi connectivity index (χ1n) is 7.60. The number of piperidine rings is 1. The molecule has 4 rings (SSSR count). The molecule has 0 bridgehead atoms. The standard InChI is InChI=1S/C17H17ClN4/c18-13-3-7-19-16(10-13)22-8-4-12(5-9-22)15-11-21-17-14(15)2-1-6-20-17/h1-3,6-7,10-12H,4-5,8-9H2,(H,20,21). The van der Waals surface area contributed by atoms with Crippen molar-refractivity contribution in [3.63, 3.8) is 0 Å². The molecular formula is C17H17ClN4. The highest BCUT2D eigenvalue weighted by Crippen LogP contribution is 2.33. The van der Waals surface area contributed by atoms with E-state index in [1.165, 1.54) is 10.9 Å². The quantitative estimate of drug-likeness (QED) is 0.778. The molecule has 22 heavy (non-hydrogen) atoms. The molecule has 0 aromatic carbocycles. The Balaban J connectivity index is 1.52. The summed E-state index contributed by atoms with van der Waals surface area (Å²) in [5.41, 5.74) is 2.37. The van der Waals surface area contributed by atoms with Gasteiger partial charge in [0.15, 0.2) is 0 Å². The summed E-state index contributed by atoms with van der Waals surface area (Å²) in [6.45, 7) is 2.01. The summed E-state index contributed by atoms with van der Waals surface area (Å²) in [7, 11) is 0. The molecule has 0 saturated carbocycles. The molecule has 5 heteroatoms. The van der Waals surface area contributed by atoms with E-state index in [2.05, 4.69) is 32.1 Å². The van der Waals surface area contributed by atoms with Crippen LogP contribution in [0.5, 0.6) is 0 Å². The van der Waals surface area contributed by atoms with Crippen LogP contribution in [0.25, 0.3) is 11.0 Å². The van der Waals surface area contributed by atoms with Crippen molar-refractivity contribution in [3.05, 3.63) is 53.4 Å². The van der Waals surface area contributed by atoms with E-state index in [9.17, 15) is 0 Å². The summed E-state index contributed by atoms with van der Waals surface area (Å²) in [4.78, 5) is 14.4. The van der Waals surface area contributed by atoms with Gasteiger partial charge in [0.05, 0.1) is 0 Å². The smallest absolute Gasteiger partial charge is 0.137 e. The molecule has 1 aliphatic heterocycles. The fourth-order valence-electron chi connectivity index (χ4n) is 3.30. The summed E-state index contributed by atoms with van der Waals surface area (Å²) in [6.07, 6.45) is 7.97. The van der Waals surface area contributed by atoms with Crippen molar-refractivity contribution in [3.8, 4) is 0 Å². The number of aromatic amines is 1. The SMILES string of the molecule is Clc1ccnc(N2CCC(c3c[nH]c4ncccc34)CC2)c1. The third kappa shape index (κ3) is 2.44. The van der Waals surface area contributed by atoms with Crippen LogP contribution in [-0.2, 0) is 0 Å². The normalized spacial score (nSPS) is 16.3. The lowest BCUT2D eigenvalue weighted by molar-refractivity contribution is 0.505. The van der Waals surface area contributed by atoms with E-state index in [0.717, 1.165) is 42.4 Å². The van der Waals surface area contributed by atoms with Crippen LogP contribution in [0.3, 0.4) is 0 Å². The fraction of sp³-hybridized carbons (Fsp3) is 0.294. The van der Waals surface area contributed by atoms with Crippen LogP contribution in [0.1, 0.15) is 24.3 Å². The molecule has 0 radical (unpaired) electrons. The molecule has 4 heterocycles. The number of pyridine rings is 2. The van der Waals surface area contributed by atoms with E-state index in [0.29, 0.717) is 5.92 Å². The maximum atomic E-state index is 6.06. The predicted octanol–water partition coefficient (Wildman–Crippen LogP) is 4.00. The van der Waals surface area contributed by atoms with E-state index in [4.69, 9.17) is 11.6 Å². The lowest BCUT2D eigenvalue weighted by Crippen LogP contribution is -2.33. The van der Waals surface area contributed by atoms with Gasteiger partial charge in [0.25, 0.3) is 0 Å². The fourth-order valence-corrected chi connectivity index (χ4v) is 3.45. The van der Waals surface area contributed by atoms with Crippen LogP contribution in [0.15, 0.2) is 42.9 Å². The maximum Gasteiger partial charge on any atom is 0.137 e. The van der Waals surface area contributed by atoms with Crippen LogP contribution in [0.4, 0.5) is 5.82 Å². The van der Waals surface area contributed by atoms with Gasteiger partial charge >= 0.3 is 0 Å². The number of rotatable bonds is 2. The van der Waals surface area contributed by atoms with Gasteiger partial charge in [-0.1, -0.05) is 11.6 Å². The summed E-state index contributed by atoms with van der Waals surface area (Å²) < 4.78 is 0. The monoisotopic (exact) mass is 312 g/mol. The van der Waals surface area contributed by atoms with Gasteiger partial charge in [-0.3, -0.25) is 0 Å². The van der Waals surface area contributed by atoms with Gasteiger partial charge in [-0.2, -0.15) is 0 Å². The highest BCUT2D eigenvalue weighted by Gasteiger charge is 2.23. The Bertz CT molecular complexity index is 790. The molecule has 4 nitrogen and oxygen atoms in total. The van der Waals surface area contributed by atoms with Gasteiger partial charge in [0, 0.05) is 42.1 Å². The number of nitrogens with one attached hydrogen (secondary N) is 1. The largest absolute Gasteiger partial charge is 0.357 e. The Labute approximate surface area is 134 Å². The first-order valence-corrected chi connectivity index (χ1v) is 7.97. The number of hydrogen-bond acceptors (Lipinski definition) is 3. The molecule has 1 N–H and O–H groups in total. The first-order chi connectivity index (χ1) is 10.8. The number of H-pyrrole nitrogens is 1. The third-order valence-corrected chi connectivity index (χ3v) is 4.68. The minimum absolute atomic E-state index is 0.577. The molecule has 0 amide bonds. The van der Waals surface area contributed by atoms with Gasteiger partial charge < -0.3 is 9.88 Å². The van der Waals surface area contributed by atoms with E-state index in [1.54, 1.807) is 6.20 Å². The first kappa shape index (κ1) is 13.6. The van der Waals surface area contributed by atoms with Crippen LogP contribution >= 0.6 is 11.6 Å². The van der Waals surface area contributed by atoms with E-state index in [1.807, 2.05) is 24.4 Å². The number of nitrogens with zero attached hydrogens (tertiary/aromatic N) is 3. The molecule has 3 aromatic rings. The van der Waals surface area contributed by atoms with Crippen molar-refractivity contribution in [1.82, 2.24) is 15.0 Å². The van der Waals surface area contributed by atoms with Crippen LogP contribution in [0.2, 0.25) is 5.02 Å². The molecule has 112 valence electrons. The average Bonchev–Trinajstić information content (AvgIpc) is 2.99. The van der Waals surface area contributed by atoms with Crippen LogP contribution < -0.4 is 4.90 Å². The molecular weight excluding hydrogens is 296 g/mol. The van der Waals surface area contributed by atoms with E-state index < -0.39 is 0 Å². The zero-order valence-corrected chi connectivity index (χ0v) is 12.9. The Morgan fingerprint density at radius 3 is 2.82 bits per heavy atom. The molecule has 1 fully saturated rings. The Morgan fingerprint density at radius 1 is 1.14 bits per heavy atom. The van der Waals surface area contributed by atoms with Crippen molar-refractivity contribution in [2.75, 3.05) is 18.0 Å². The Hall–Kier alpha value is -2.07. The van der Waals surface area contributed by atoms with Gasteiger partial charge in [-0.15, -0.1) is 0 Å². The Morgan fingerprint density at radius 2 is 2.00 bits per heavy atom. The minimum atomic E-state index is 0.577. The second-order valence-electron chi connectivity index (χ2n) is 5.74. The highest BCUT2D eigenvalue weighted by atomic mass is 35.5. The van der Waals surface area contributed by atoms with E-state index >= 15 is 0 Å². The topological polar surface area (TPSA) is 44.8 Å². The number of anilines is 1.